The van der Waals surface area contributed by atoms with E-state index in [0.717, 1.165) is 12.0 Å². The minimum absolute atomic E-state index is 0.0452. The minimum Gasteiger partial charge on any atom is -0.462 e. The number of benzene rings is 2. The van der Waals surface area contributed by atoms with E-state index in [-0.39, 0.29) is 17.3 Å². The van der Waals surface area contributed by atoms with Crippen molar-refractivity contribution in [2.75, 3.05) is 11.9 Å². The summed E-state index contributed by atoms with van der Waals surface area (Å²) in [5.41, 5.74) is 3.72. The zero-order valence-electron chi connectivity index (χ0n) is 16.7. The average molecular weight is 367 g/mol. The number of hydrogen-bond acceptors (Lipinski definition) is 3. The van der Waals surface area contributed by atoms with Crippen molar-refractivity contribution in [3.63, 3.8) is 0 Å². The zero-order chi connectivity index (χ0) is 19.9. The van der Waals surface area contributed by atoms with Crippen LogP contribution in [0.1, 0.15) is 62.0 Å². The number of amides is 1. The molecule has 0 heterocycles. The second-order valence-electron chi connectivity index (χ2n) is 7.71. The summed E-state index contributed by atoms with van der Waals surface area (Å²) in [5.74, 6) is -0.385. The van der Waals surface area contributed by atoms with Crippen molar-refractivity contribution in [2.24, 2.45) is 0 Å². The molecule has 0 unspecified atom stereocenters. The van der Waals surface area contributed by atoms with E-state index in [1.807, 2.05) is 6.92 Å². The van der Waals surface area contributed by atoms with Crippen LogP contribution in [0.3, 0.4) is 0 Å². The number of hydrogen-bond donors (Lipinski definition) is 1. The Morgan fingerprint density at radius 2 is 1.59 bits per heavy atom. The number of carbonyl (C=O) groups excluding carboxylic acids is 2. The quantitative estimate of drug-likeness (QED) is 0.691. The van der Waals surface area contributed by atoms with Gasteiger partial charge in [0.25, 0.3) is 0 Å². The Morgan fingerprint density at radius 3 is 2.15 bits per heavy atom. The van der Waals surface area contributed by atoms with Crippen LogP contribution in [0, 0.1) is 0 Å². The molecule has 2 aromatic carbocycles. The highest BCUT2D eigenvalue weighted by atomic mass is 16.5. The standard InChI is InChI=1S/C23H29NO3/c1-5-16-27-22(26)18-9-13-20(14-10-18)24-21(25)15-8-17-6-11-19(12-7-17)23(2,3)4/h6-7,9-14H,5,8,15-16H2,1-4H3,(H,24,25). The molecule has 0 spiro atoms. The maximum atomic E-state index is 12.2. The van der Waals surface area contributed by atoms with Gasteiger partial charge in [-0.1, -0.05) is 52.0 Å². The van der Waals surface area contributed by atoms with E-state index in [1.165, 1.54) is 5.56 Å². The Balaban J connectivity index is 1.84. The fourth-order valence-electron chi connectivity index (χ4n) is 2.62. The Morgan fingerprint density at radius 1 is 0.963 bits per heavy atom. The van der Waals surface area contributed by atoms with Crippen molar-refractivity contribution in [3.05, 3.63) is 65.2 Å². The largest absolute Gasteiger partial charge is 0.462 e. The third-order valence-electron chi connectivity index (χ3n) is 4.30. The summed E-state index contributed by atoms with van der Waals surface area (Å²) in [6, 6.07) is 15.2. The first-order valence-electron chi connectivity index (χ1n) is 9.46. The molecule has 0 atom stereocenters. The zero-order valence-corrected chi connectivity index (χ0v) is 16.7. The number of esters is 1. The van der Waals surface area contributed by atoms with Crippen LogP contribution < -0.4 is 5.32 Å². The Kier molecular flexibility index (Phi) is 7.17. The van der Waals surface area contributed by atoms with Crippen molar-refractivity contribution >= 4 is 17.6 Å². The molecule has 27 heavy (non-hydrogen) atoms. The highest BCUT2D eigenvalue weighted by Gasteiger charge is 2.13. The average Bonchev–Trinajstić information content (AvgIpc) is 2.64. The molecule has 2 rings (SSSR count). The number of aryl methyl sites for hydroxylation is 1. The van der Waals surface area contributed by atoms with Crippen molar-refractivity contribution in [1.29, 1.82) is 0 Å². The number of nitrogens with one attached hydrogen (secondary N) is 1. The van der Waals surface area contributed by atoms with Gasteiger partial charge in [-0.2, -0.15) is 0 Å². The van der Waals surface area contributed by atoms with Crippen LogP contribution >= 0.6 is 0 Å². The first-order valence-corrected chi connectivity index (χ1v) is 9.46. The minimum atomic E-state index is -0.339. The van der Waals surface area contributed by atoms with Crippen LogP contribution in [-0.2, 0) is 21.4 Å². The van der Waals surface area contributed by atoms with Crippen LogP contribution in [-0.4, -0.2) is 18.5 Å². The summed E-state index contributed by atoms with van der Waals surface area (Å²) in [6.07, 6.45) is 1.89. The predicted octanol–water partition coefficient (Wildman–Crippen LogP) is 5.12. The van der Waals surface area contributed by atoms with Crippen molar-refractivity contribution < 1.29 is 14.3 Å². The van der Waals surface area contributed by atoms with Crippen LogP contribution in [0.25, 0.3) is 0 Å². The van der Waals surface area contributed by atoms with E-state index in [4.69, 9.17) is 4.74 Å². The maximum absolute atomic E-state index is 12.2. The van der Waals surface area contributed by atoms with E-state index in [2.05, 4.69) is 50.4 Å². The molecule has 1 N–H and O–H groups in total. The molecule has 1 amide bonds. The van der Waals surface area contributed by atoms with Crippen LogP contribution in [0.2, 0.25) is 0 Å². The van der Waals surface area contributed by atoms with Crippen LogP contribution in [0.5, 0.6) is 0 Å². The molecule has 144 valence electrons. The topological polar surface area (TPSA) is 55.4 Å². The molecular weight excluding hydrogens is 338 g/mol. The maximum Gasteiger partial charge on any atom is 0.338 e. The molecular formula is C23H29NO3. The Hall–Kier alpha value is -2.62. The molecule has 0 saturated carbocycles. The second-order valence-corrected chi connectivity index (χ2v) is 7.71. The molecule has 0 aromatic heterocycles. The predicted molar refractivity (Wildman–Crippen MR) is 109 cm³/mol. The van der Waals surface area contributed by atoms with Gasteiger partial charge in [-0.05, 0) is 53.6 Å². The molecule has 2 aromatic rings. The SMILES string of the molecule is CCCOC(=O)c1ccc(NC(=O)CCc2ccc(C(C)(C)C)cc2)cc1. The molecule has 0 aliphatic heterocycles. The molecule has 0 bridgehead atoms. The second kappa shape index (κ2) is 9.36. The van der Waals surface area contributed by atoms with E-state index < -0.39 is 0 Å². The Labute approximate surface area is 161 Å². The highest BCUT2D eigenvalue weighted by Crippen LogP contribution is 2.22. The van der Waals surface area contributed by atoms with E-state index >= 15 is 0 Å². The first-order chi connectivity index (χ1) is 12.8. The van der Waals surface area contributed by atoms with Gasteiger partial charge < -0.3 is 10.1 Å². The van der Waals surface area contributed by atoms with Crippen molar-refractivity contribution in [1.82, 2.24) is 0 Å². The number of anilines is 1. The number of rotatable bonds is 7. The van der Waals surface area contributed by atoms with Gasteiger partial charge in [-0.25, -0.2) is 4.79 Å². The van der Waals surface area contributed by atoms with Gasteiger partial charge in [0, 0.05) is 12.1 Å². The fourth-order valence-corrected chi connectivity index (χ4v) is 2.62. The highest BCUT2D eigenvalue weighted by molar-refractivity contribution is 5.93. The normalized spacial score (nSPS) is 11.1. The smallest absolute Gasteiger partial charge is 0.338 e. The first kappa shape index (κ1) is 20.7. The molecule has 0 aliphatic rings. The van der Waals surface area contributed by atoms with Gasteiger partial charge in [0.1, 0.15) is 0 Å². The summed E-state index contributed by atoms with van der Waals surface area (Å²) in [6.45, 7) is 8.91. The lowest BCUT2D eigenvalue weighted by atomic mass is 9.86. The van der Waals surface area contributed by atoms with Gasteiger partial charge >= 0.3 is 5.97 Å². The van der Waals surface area contributed by atoms with Crippen molar-refractivity contribution in [3.8, 4) is 0 Å². The summed E-state index contributed by atoms with van der Waals surface area (Å²) < 4.78 is 5.09. The molecule has 0 fully saturated rings. The fraction of sp³-hybridized carbons (Fsp3) is 0.391. The lowest BCUT2D eigenvalue weighted by Crippen LogP contribution is -2.13. The molecule has 4 nitrogen and oxygen atoms in total. The number of ether oxygens (including phenoxy) is 1. The molecule has 0 saturated heterocycles. The summed E-state index contributed by atoms with van der Waals surface area (Å²) in [7, 11) is 0. The van der Waals surface area contributed by atoms with E-state index in [0.29, 0.717) is 30.7 Å². The summed E-state index contributed by atoms with van der Waals surface area (Å²) >= 11 is 0. The van der Waals surface area contributed by atoms with Gasteiger partial charge in [-0.3, -0.25) is 4.79 Å². The van der Waals surface area contributed by atoms with Crippen LogP contribution in [0.4, 0.5) is 5.69 Å². The number of carbonyl (C=O) groups is 2. The lowest BCUT2D eigenvalue weighted by molar-refractivity contribution is -0.116. The van der Waals surface area contributed by atoms with Gasteiger partial charge in [0.05, 0.1) is 12.2 Å². The van der Waals surface area contributed by atoms with E-state index in [1.54, 1.807) is 24.3 Å². The molecule has 0 radical (unpaired) electrons. The van der Waals surface area contributed by atoms with Gasteiger partial charge in [-0.15, -0.1) is 0 Å². The van der Waals surface area contributed by atoms with E-state index in [9.17, 15) is 9.59 Å². The third-order valence-corrected chi connectivity index (χ3v) is 4.30. The molecule has 0 aliphatic carbocycles. The Bertz CT molecular complexity index is 756. The van der Waals surface area contributed by atoms with Gasteiger partial charge in [0.15, 0.2) is 0 Å². The summed E-state index contributed by atoms with van der Waals surface area (Å²) in [5, 5.41) is 2.87. The molecule has 4 heteroatoms. The van der Waals surface area contributed by atoms with Gasteiger partial charge in [0.2, 0.25) is 5.91 Å². The summed E-state index contributed by atoms with van der Waals surface area (Å²) in [4.78, 5) is 23.9. The van der Waals surface area contributed by atoms with Crippen molar-refractivity contribution in [2.45, 2.75) is 52.4 Å². The lowest BCUT2D eigenvalue weighted by Gasteiger charge is -2.19. The van der Waals surface area contributed by atoms with Crippen LogP contribution in [0.15, 0.2) is 48.5 Å². The monoisotopic (exact) mass is 367 g/mol. The third kappa shape index (κ3) is 6.55.